The topological polar surface area (TPSA) is 53.5 Å². The fraction of sp³-hybridized carbons (Fsp3) is 0.312. The molecule has 1 saturated heterocycles. The number of alkyl halides is 2. The maximum atomic E-state index is 13.0. The normalized spacial score (nSPS) is 15.6. The Morgan fingerprint density at radius 2 is 1.65 bits per heavy atom. The van der Waals surface area contributed by atoms with E-state index in [4.69, 9.17) is 23.2 Å². The molecule has 140 valence electrons. The van der Waals surface area contributed by atoms with Gasteiger partial charge in [0, 0.05) is 32.4 Å². The minimum absolute atomic E-state index is 0.280. The minimum atomic E-state index is -4.67. The lowest BCUT2D eigenvalue weighted by Gasteiger charge is -2.37. The first-order valence-electron chi connectivity index (χ1n) is 7.72. The Kier molecular flexibility index (Phi) is 5.55. The number of hydrogen-bond donors (Lipinski definition) is 0. The van der Waals surface area contributed by atoms with Crippen LogP contribution in [0, 0.1) is 0 Å². The van der Waals surface area contributed by atoms with Gasteiger partial charge in [0.25, 0.3) is 0 Å². The van der Waals surface area contributed by atoms with Crippen molar-refractivity contribution in [1.29, 1.82) is 0 Å². The van der Waals surface area contributed by atoms with Gasteiger partial charge in [-0.25, -0.2) is 13.4 Å². The van der Waals surface area contributed by atoms with E-state index in [0.717, 1.165) is 0 Å². The summed E-state index contributed by atoms with van der Waals surface area (Å²) in [4.78, 5) is 7.59. The fourth-order valence-electron chi connectivity index (χ4n) is 2.85. The van der Waals surface area contributed by atoms with Crippen molar-refractivity contribution in [2.45, 2.75) is 10.7 Å². The summed E-state index contributed by atoms with van der Waals surface area (Å²) in [5.74, 6) is -2.87. The highest BCUT2D eigenvalue weighted by Crippen LogP contribution is 2.31. The van der Waals surface area contributed by atoms with Gasteiger partial charge in [0.2, 0.25) is 9.84 Å². The number of aromatic nitrogens is 1. The van der Waals surface area contributed by atoms with E-state index in [1.54, 1.807) is 23.1 Å². The number of para-hydroxylation sites is 1. The third kappa shape index (κ3) is 3.72. The van der Waals surface area contributed by atoms with Gasteiger partial charge in [0.05, 0.1) is 20.6 Å². The Balaban J connectivity index is 1.81. The van der Waals surface area contributed by atoms with Crippen LogP contribution in [-0.4, -0.2) is 45.3 Å². The van der Waals surface area contributed by atoms with Gasteiger partial charge in [-0.15, -0.1) is 0 Å². The van der Waals surface area contributed by atoms with E-state index >= 15 is 0 Å². The number of piperazine rings is 1. The number of hydrogen-bond acceptors (Lipinski definition) is 5. The maximum Gasteiger partial charge on any atom is 0.341 e. The molecule has 0 bridgehead atoms. The van der Waals surface area contributed by atoms with E-state index in [0.29, 0.717) is 42.0 Å². The van der Waals surface area contributed by atoms with Crippen LogP contribution in [0.1, 0.15) is 0 Å². The largest absolute Gasteiger partial charge is 0.367 e. The van der Waals surface area contributed by atoms with E-state index in [1.165, 1.54) is 18.3 Å². The van der Waals surface area contributed by atoms with Gasteiger partial charge in [-0.2, -0.15) is 8.78 Å². The molecule has 2 heterocycles. The van der Waals surface area contributed by atoms with Crippen molar-refractivity contribution in [2.24, 2.45) is 0 Å². The van der Waals surface area contributed by atoms with Crippen LogP contribution in [-0.2, 0) is 9.84 Å². The van der Waals surface area contributed by atoms with Crippen molar-refractivity contribution < 1.29 is 17.2 Å². The Hall–Kier alpha value is -1.64. The van der Waals surface area contributed by atoms with Crippen molar-refractivity contribution in [1.82, 2.24) is 4.98 Å². The molecule has 10 heteroatoms. The standard InChI is InChI=1S/C16H15Cl2F2N3O2S/c17-11-9-12(18)15(21-10-11)23-7-5-22(6-8-23)13-3-1-2-4-14(13)26(24,25)16(19)20/h1-4,9-10,16H,5-8H2. The molecular formula is C16H15Cl2F2N3O2S. The van der Waals surface area contributed by atoms with Crippen molar-refractivity contribution >= 4 is 44.5 Å². The van der Waals surface area contributed by atoms with Crippen molar-refractivity contribution in [2.75, 3.05) is 36.0 Å². The zero-order valence-electron chi connectivity index (χ0n) is 13.4. The third-order valence-electron chi connectivity index (χ3n) is 4.11. The molecular weight excluding hydrogens is 407 g/mol. The molecule has 26 heavy (non-hydrogen) atoms. The number of rotatable bonds is 4. The first kappa shape index (κ1) is 19.1. The second-order valence-corrected chi connectivity index (χ2v) is 8.44. The number of anilines is 2. The lowest BCUT2D eigenvalue weighted by atomic mass is 10.2. The molecule has 0 spiro atoms. The second kappa shape index (κ2) is 7.54. The van der Waals surface area contributed by atoms with Crippen LogP contribution in [0.25, 0.3) is 0 Å². The van der Waals surface area contributed by atoms with Gasteiger partial charge >= 0.3 is 5.76 Å². The van der Waals surface area contributed by atoms with Crippen LogP contribution in [0.5, 0.6) is 0 Å². The molecule has 1 aromatic heterocycles. The minimum Gasteiger partial charge on any atom is -0.367 e. The predicted octanol–water partition coefficient (Wildman–Crippen LogP) is 3.71. The van der Waals surface area contributed by atoms with Gasteiger partial charge in [-0.05, 0) is 18.2 Å². The van der Waals surface area contributed by atoms with E-state index in [1.807, 2.05) is 4.90 Å². The highest BCUT2D eigenvalue weighted by molar-refractivity contribution is 7.91. The van der Waals surface area contributed by atoms with E-state index < -0.39 is 15.6 Å². The quantitative estimate of drug-likeness (QED) is 0.752. The SMILES string of the molecule is O=S(=O)(c1ccccc1N1CCN(c2ncc(Cl)cc2Cl)CC1)C(F)F. The zero-order chi connectivity index (χ0) is 18.9. The first-order valence-corrected chi connectivity index (χ1v) is 10.0. The molecule has 0 amide bonds. The summed E-state index contributed by atoms with van der Waals surface area (Å²) in [6.07, 6.45) is 1.50. The zero-order valence-corrected chi connectivity index (χ0v) is 15.8. The molecule has 0 N–H and O–H groups in total. The highest BCUT2D eigenvalue weighted by atomic mass is 35.5. The Morgan fingerprint density at radius 1 is 1.04 bits per heavy atom. The molecule has 0 aliphatic carbocycles. The van der Waals surface area contributed by atoms with Crippen LogP contribution in [0.2, 0.25) is 10.0 Å². The van der Waals surface area contributed by atoms with Gasteiger partial charge < -0.3 is 9.80 Å². The van der Waals surface area contributed by atoms with E-state index in [-0.39, 0.29) is 10.6 Å². The predicted molar refractivity (Wildman–Crippen MR) is 98.3 cm³/mol. The van der Waals surface area contributed by atoms with Crippen LogP contribution in [0.4, 0.5) is 20.3 Å². The number of halogens is 4. The summed E-state index contributed by atoms with van der Waals surface area (Å²) >= 11 is 12.0. The first-order chi connectivity index (χ1) is 12.3. The van der Waals surface area contributed by atoms with Crippen molar-refractivity contribution in [3.63, 3.8) is 0 Å². The van der Waals surface area contributed by atoms with Crippen molar-refractivity contribution in [3.05, 3.63) is 46.6 Å². The summed E-state index contributed by atoms with van der Waals surface area (Å²) in [6, 6.07) is 7.41. The summed E-state index contributed by atoms with van der Waals surface area (Å²) in [7, 11) is -4.67. The molecule has 2 aromatic rings. The summed E-state index contributed by atoms with van der Waals surface area (Å²) in [6.45, 7) is 1.90. The van der Waals surface area contributed by atoms with Crippen LogP contribution >= 0.6 is 23.2 Å². The number of benzene rings is 1. The highest BCUT2D eigenvalue weighted by Gasteiger charge is 2.31. The summed E-state index contributed by atoms with van der Waals surface area (Å²) in [5.41, 5.74) is 0.280. The molecule has 1 fully saturated rings. The summed E-state index contributed by atoms with van der Waals surface area (Å²) < 4.78 is 49.8. The molecule has 1 aliphatic rings. The van der Waals surface area contributed by atoms with Gasteiger partial charge in [0.1, 0.15) is 5.82 Å². The molecule has 1 aliphatic heterocycles. The monoisotopic (exact) mass is 421 g/mol. The lowest BCUT2D eigenvalue weighted by molar-refractivity contribution is 0.235. The van der Waals surface area contributed by atoms with Crippen LogP contribution in [0.15, 0.2) is 41.4 Å². The molecule has 3 rings (SSSR count). The second-order valence-electron chi connectivity index (χ2n) is 5.71. The number of sulfone groups is 1. The van der Waals surface area contributed by atoms with E-state index in [2.05, 4.69) is 4.98 Å². The molecule has 0 unspecified atom stereocenters. The molecule has 5 nitrogen and oxygen atoms in total. The molecule has 0 saturated carbocycles. The average molecular weight is 422 g/mol. The summed E-state index contributed by atoms with van der Waals surface area (Å²) in [5, 5.41) is 0.857. The van der Waals surface area contributed by atoms with Gasteiger partial charge in [-0.3, -0.25) is 0 Å². The average Bonchev–Trinajstić information content (AvgIpc) is 2.62. The lowest BCUT2D eigenvalue weighted by Crippen LogP contribution is -2.47. The van der Waals surface area contributed by atoms with Gasteiger partial charge in [0.15, 0.2) is 0 Å². The smallest absolute Gasteiger partial charge is 0.341 e. The molecule has 0 atom stereocenters. The van der Waals surface area contributed by atoms with Crippen LogP contribution in [0.3, 0.4) is 0 Å². The number of nitrogens with zero attached hydrogens (tertiary/aromatic N) is 3. The Labute approximate surface area is 160 Å². The Morgan fingerprint density at radius 3 is 2.27 bits per heavy atom. The van der Waals surface area contributed by atoms with Crippen molar-refractivity contribution in [3.8, 4) is 0 Å². The Bertz CT molecular complexity index is 904. The van der Waals surface area contributed by atoms with Gasteiger partial charge in [-0.1, -0.05) is 35.3 Å². The maximum absolute atomic E-state index is 13.0. The fourth-order valence-corrected chi connectivity index (χ4v) is 4.30. The number of pyridine rings is 1. The molecule has 1 aromatic carbocycles. The molecule has 0 radical (unpaired) electrons. The third-order valence-corrected chi connectivity index (χ3v) is 6.03. The van der Waals surface area contributed by atoms with Crippen LogP contribution < -0.4 is 9.80 Å². The van der Waals surface area contributed by atoms with E-state index in [9.17, 15) is 17.2 Å².